The molecule has 1 saturated heterocycles. The van der Waals surface area contributed by atoms with Crippen molar-refractivity contribution in [2.75, 3.05) is 19.6 Å². The number of hydrogen-bond acceptors (Lipinski definition) is 4. The molecule has 1 aliphatic rings. The van der Waals surface area contributed by atoms with Gasteiger partial charge in [-0.05, 0) is 19.4 Å². The maximum atomic E-state index is 12.5. The van der Waals surface area contributed by atoms with Gasteiger partial charge >= 0.3 is 0 Å². The Balaban J connectivity index is 2.18. The van der Waals surface area contributed by atoms with Crippen molar-refractivity contribution in [3.8, 4) is 11.8 Å². The number of hydrogen-bond donors (Lipinski definition) is 2. The molecule has 20 heavy (non-hydrogen) atoms. The van der Waals surface area contributed by atoms with E-state index in [1.807, 2.05) is 0 Å². The molecular weight excluding hydrogens is 254 g/mol. The summed E-state index contributed by atoms with van der Waals surface area (Å²) in [5.41, 5.74) is 6.51. The topological polar surface area (TPSA) is 79.5 Å². The molecule has 2 rings (SSSR count). The number of aromatic nitrogens is 1. The summed E-state index contributed by atoms with van der Waals surface area (Å²) < 4.78 is 0. The molecular formula is C15H19N3O2. The smallest absolute Gasteiger partial charge is 0.255 e. The van der Waals surface area contributed by atoms with E-state index in [2.05, 4.69) is 16.8 Å². The molecule has 5 nitrogen and oxygen atoms in total. The Kier molecular flexibility index (Phi) is 4.72. The molecule has 1 fully saturated rings. The average molecular weight is 273 g/mol. The van der Waals surface area contributed by atoms with Crippen LogP contribution in [-0.4, -0.2) is 46.6 Å². The van der Waals surface area contributed by atoms with Crippen LogP contribution < -0.4 is 5.73 Å². The molecule has 2 heterocycles. The predicted molar refractivity (Wildman–Crippen MR) is 75.9 cm³/mol. The minimum absolute atomic E-state index is 0.0585. The first-order valence-electron chi connectivity index (χ1n) is 6.73. The summed E-state index contributed by atoms with van der Waals surface area (Å²) in [5, 5.41) is 9.61. The van der Waals surface area contributed by atoms with E-state index in [1.54, 1.807) is 30.3 Å². The normalized spacial score (nSPS) is 19.4. The predicted octanol–water partition coefficient (Wildman–Crippen LogP) is 0.235. The lowest BCUT2D eigenvalue weighted by atomic mass is 10.0. The third-order valence-electron chi connectivity index (χ3n) is 3.57. The second-order valence-electron chi connectivity index (χ2n) is 4.97. The summed E-state index contributed by atoms with van der Waals surface area (Å²) in [6, 6.07) is 1.68. The minimum Gasteiger partial charge on any atom is -0.393 e. The van der Waals surface area contributed by atoms with Crippen LogP contribution in [0.5, 0.6) is 0 Å². The van der Waals surface area contributed by atoms with Crippen LogP contribution in [0.3, 0.4) is 0 Å². The van der Waals surface area contributed by atoms with E-state index >= 15 is 0 Å². The van der Waals surface area contributed by atoms with Gasteiger partial charge in [0.25, 0.3) is 5.91 Å². The molecule has 0 aliphatic carbocycles. The van der Waals surface area contributed by atoms with Crippen molar-refractivity contribution in [2.24, 2.45) is 11.7 Å². The Morgan fingerprint density at radius 1 is 1.70 bits per heavy atom. The van der Waals surface area contributed by atoms with Crippen molar-refractivity contribution in [1.82, 2.24) is 9.88 Å². The van der Waals surface area contributed by atoms with Crippen LogP contribution in [-0.2, 0) is 0 Å². The van der Waals surface area contributed by atoms with Crippen molar-refractivity contribution < 1.29 is 9.90 Å². The monoisotopic (exact) mass is 273 g/mol. The van der Waals surface area contributed by atoms with Gasteiger partial charge in [-0.25, -0.2) is 0 Å². The van der Waals surface area contributed by atoms with Gasteiger partial charge < -0.3 is 15.7 Å². The van der Waals surface area contributed by atoms with Gasteiger partial charge in [-0.2, -0.15) is 0 Å². The molecule has 5 heteroatoms. The van der Waals surface area contributed by atoms with Gasteiger partial charge in [-0.1, -0.05) is 11.8 Å². The van der Waals surface area contributed by atoms with Crippen LogP contribution in [0.1, 0.15) is 29.3 Å². The van der Waals surface area contributed by atoms with Crippen LogP contribution in [0.2, 0.25) is 0 Å². The van der Waals surface area contributed by atoms with E-state index < -0.39 is 0 Å². The standard InChI is InChI=1S/C15H19N3O2/c1-11(19)13-5-8-18(10-13)15(20)14-4-7-17-9-12(14)3-2-6-16/h4,7,9,11,13,19H,5-6,8,10,16H2,1H3. The first-order chi connectivity index (χ1) is 9.63. The molecule has 106 valence electrons. The van der Waals surface area contributed by atoms with E-state index in [4.69, 9.17) is 5.73 Å². The van der Waals surface area contributed by atoms with Crippen LogP contribution in [0.15, 0.2) is 18.5 Å². The fourth-order valence-corrected chi connectivity index (χ4v) is 2.36. The molecule has 1 aromatic rings. The third kappa shape index (κ3) is 3.16. The molecule has 2 unspecified atom stereocenters. The lowest BCUT2D eigenvalue weighted by molar-refractivity contribution is 0.0762. The summed E-state index contributed by atoms with van der Waals surface area (Å²) in [4.78, 5) is 18.3. The Morgan fingerprint density at radius 3 is 3.15 bits per heavy atom. The molecule has 0 radical (unpaired) electrons. The van der Waals surface area contributed by atoms with E-state index in [9.17, 15) is 9.90 Å². The molecule has 2 atom stereocenters. The minimum atomic E-state index is -0.387. The number of nitrogens with zero attached hydrogens (tertiary/aromatic N) is 2. The molecule has 0 bridgehead atoms. The van der Waals surface area contributed by atoms with Gasteiger partial charge in [0.1, 0.15) is 0 Å². The zero-order chi connectivity index (χ0) is 14.5. The van der Waals surface area contributed by atoms with Gasteiger partial charge in [0.05, 0.1) is 23.8 Å². The van der Waals surface area contributed by atoms with Crippen molar-refractivity contribution in [3.05, 3.63) is 29.6 Å². The molecule has 1 aliphatic heterocycles. The lowest BCUT2D eigenvalue weighted by Gasteiger charge is -2.18. The summed E-state index contributed by atoms with van der Waals surface area (Å²) >= 11 is 0. The Hall–Kier alpha value is -1.90. The molecule has 1 amide bonds. The Labute approximate surface area is 118 Å². The van der Waals surface area contributed by atoms with E-state index in [1.165, 1.54) is 0 Å². The zero-order valence-electron chi connectivity index (χ0n) is 11.5. The first kappa shape index (κ1) is 14.5. The maximum absolute atomic E-state index is 12.5. The van der Waals surface area contributed by atoms with Crippen LogP contribution in [0.4, 0.5) is 0 Å². The summed E-state index contributed by atoms with van der Waals surface area (Å²) in [7, 11) is 0. The first-order valence-corrected chi connectivity index (χ1v) is 6.73. The SMILES string of the molecule is CC(O)C1CCN(C(=O)c2ccncc2C#CCN)C1. The van der Waals surface area contributed by atoms with E-state index in [-0.39, 0.29) is 24.5 Å². The van der Waals surface area contributed by atoms with Gasteiger partial charge in [-0.3, -0.25) is 9.78 Å². The largest absolute Gasteiger partial charge is 0.393 e. The summed E-state index contributed by atoms with van der Waals surface area (Å²) in [5.74, 6) is 5.72. The third-order valence-corrected chi connectivity index (χ3v) is 3.57. The summed E-state index contributed by atoms with van der Waals surface area (Å²) in [6.07, 6.45) is 3.61. The fourth-order valence-electron chi connectivity index (χ4n) is 2.36. The van der Waals surface area contributed by atoms with Crippen LogP contribution in [0.25, 0.3) is 0 Å². The van der Waals surface area contributed by atoms with E-state index in [0.717, 1.165) is 6.42 Å². The molecule has 0 spiro atoms. The van der Waals surface area contributed by atoms with Crippen molar-refractivity contribution in [1.29, 1.82) is 0 Å². The lowest BCUT2D eigenvalue weighted by Crippen LogP contribution is -2.31. The number of amides is 1. The highest BCUT2D eigenvalue weighted by atomic mass is 16.3. The Bertz CT molecular complexity index is 546. The maximum Gasteiger partial charge on any atom is 0.255 e. The molecule has 1 aromatic heterocycles. The highest BCUT2D eigenvalue weighted by Gasteiger charge is 2.30. The Morgan fingerprint density at radius 2 is 2.50 bits per heavy atom. The highest BCUT2D eigenvalue weighted by Crippen LogP contribution is 2.22. The molecule has 0 saturated carbocycles. The van der Waals surface area contributed by atoms with Gasteiger partial charge in [0, 0.05) is 31.4 Å². The quantitative estimate of drug-likeness (QED) is 0.756. The van der Waals surface area contributed by atoms with Crippen molar-refractivity contribution in [2.45, 2.75) is 19.4 Å². The van der Waals surface area contributed by atoms with E-state index in [0.29, 0.717) is 24.2 Å². The number of carbonyl (C=O) groups is 1. The zero-order valence-corrected chi connectivity index (χ0v) is 11.5. The fraction of sp³-hybridized carbons (Fsp3) is 0.467. The number of likely N-dealkylation sites (tertiary alicyclic amines) is 1. The van der Waals surface area contributed by atoms with Gasteiger partial charge in [-0.15, -0.1) is 0 Å². The van der Waals surface area contributed by atoms with Crippen molar-refractivity contribution in [3.63, 3.8) is 0 Å². The number of aliphatic hydroxyl groups excluding tert-OH is 1. The summed E-state index contributed by atoms with van der Waals surface area (Å²) in [6.45, 7) is 3.27. The second kappa shape index (κ2) is 6.51. The van der Waals surface area contributed by atoms with Gasteiger partial charge in [0.15, 0.2) is 0 Å². The van der Waals surface area contributed by atoms with Crippen molar-refractivity contribution >= 4 is 5.91 Å². The number of carbonyl (C=O) groups excluding carboxylic acids is 1. The number of nitrogens with two attached hydrogens (primary N) is 1. The van der Waals surface area contributed by atoms with Gasteiger partial charge in [0.2, 0.25) is 0 Å². The number of pyridine rings is 1. The van der Waals surface area contributed by atoms with Crippen LogP contribution >= 0.6 is 0 Å². The number of rotatable bonds is 2. The highest BCUT2D eigenvalue weighted by molar-refractivity contribution is 5.96. The molecule has 0 aromatic carbocycles. The van der Waals surface area contributed by atoms with Crippen LogP contribution in [0, 0.1) is 17.8 Å². The second-order valence-corrected chi connectivity index (χ2v) is 4.97. The molecule has 3 N–H and O–H groups in total. The average Bonchev–Trinajstić information content (AvgIpc) is 2.94. The number of aliphatic hydroxyl groups is 1.